The number of pyridine rings is 1. The molecule has 0 unspecified atom stereocenters. The van der Waals surface area contributed by atoms with Gasteiger partial charge in [-0.05, 0) is 49.3 Å². The molecule has 1 fully saturated rings. The van der Waals surface area contributed by atoms with E-state index in [1.54, 1.807) is 18.5 Å². The van der Waals surface area contributed by atoms with Crippen LogP contribution in [0.1, 0.15) is 86.2 Å². The smallest absolute Gasteiger partial charge is 0.293 e. The van der Waals surface area contributed by atoms with Crippen LogP contribution >= 0.6 is 0 Å². The quantitative estimate of drug-likeness (QED) is 0.561. The minimum Gasteiger partial charge on any atom is -0.351 e. The van der Waals surface area contributed by atoms with E-state index in [1.807, 2.05) is 37.1 Å². The van der Waals surface area contributed by atoms with Crippen molar-refractivity contribution in [1.82, 2.24) is 25.0 Å². The molecule has 0 saturated carbocycles. The Kier molecular flexibility index (Phi) is 6.39. The van der Waals surface area contributed by atoms with Crippen LogP contribution in [0.5, 0.6) is 0 Å². The molecule has 1 amide bonds. The number of hydrogen-bond donors (Lipinski definition) is 0. The normalized spacial score (nSPS) is 16.6. The molecule has 3 aromatic rings. The molecule has 1 aliphatic heterocycles. The minimum absolute atomic E-state index is 0.125. The number of aromatic nitrogens is 4. The van der Waals surface area contributed by atoms with Crippen molar-refractivity contribution >= 4 is 5.91 Å². The second kappa shape index (κ2) is 9.37. The lowest BCUT2D eigenvalue weighted by molar-refractivity contribution is 0.0564. The fourth-order valence-electron chi connectivity index (χ4n) is 4.05. The van der Waals surface area contributed by atoms with Gasteiger partial charge in [0.05, 0.1) is 17.4 Å². The third-order valence-electron chi connectivity index (χ3n) is 5.74. The SMILES string of the molecule is CCCc1ncc(-c2ccncc2)c([C@H]2CCCCN2C(=O)c2cc(C(C)C)no2)n1. The molecule has 7 nitrogen and oxygen atoms in total. The van der Waals surface area contributed by atoms with Gasteiger partial charge in [-0.15, -0.1) is 0 Å². The molecule has 0 bridgehead atoms. The lowest BCUT2D eigenvalue weighted by Crippen LogP contribution is -2.39. The van der Waals surface area contributed by atoms with Crippen LogP contribution in [-0.2, 0) is 6.42 Å². The van der Waals surface area contributed by atoms with Gasteiger partial charge in [-0.3, -0.25) is 9.78 Å². The van der Waals surface area contributed by atoms with Gasteiger partial charge < -0.3 is 9.42 Å². The average Bonchev–Trinajstić information content (AvgIpc) is 3.30. The van der Waals surface area contributed by atoms with Crippen LogP contribution in [0.4, 0.5) is 0 Å². The molecule has 162 valence electrons. The molecule has 0 radical (unpaired) electrons. The molecule has 0 spiro atoms. The molecule has 4 heterocycles. The summed E-state index contributed by atoms with van der Waals surface area (Å²) in [7, 11) is 0. The van der Waals surface area contributed by atoms with E-state index in [-0.39, 0.29) is 17.9 Å². The Balaban J connectivity index is 1.74. The van der Waals surface area contributed by atoms with E-state index in [0.717, 1.165) is 60.4 Å². The van der Waals surface area contributed by atoms with Gasteiger partial charge in [0.25, 0.3) is 5.91 Å². The van der Waals surface area contributed by atoms with Crippen molar-refractivity contribution in [3.8, 4) is 11.1 Å². The fraction of sp³-hybridized carbons (Fsp3) is 0.458. The van der Waals surface area contributed by atoms with Gasteiger partial charge in [-0.25, -0.2) is 9.97 Å². The van der Waals surface area contributed by atoms with Gasteiger partial charge in [0.15, 0.2) is 0 Å². The summed E-state index contributed by atoms with van der Waals surface area (Å²) in [6.45, 7) is 6.86. The summed E-state index contributed by atoms with van der Waals surface area (Å²) in [4.78, 5) is 29.0. The monoisotopic (exact) mass is 419 g/mol. The number of amides is 1. The summed E-state index contributed by atoms with van der Waals surface area (Å²) >= 11 is 0. The zero-order valence-corrected chi connectivity index (χ0v) is 18.4. The first-order chi connectivity index (χ1) is 15.1. The van der Waals surface area contributed by atoms with Crippen LogP contribution < -0.4 is 0 Å². The van der Waals surface area contributed by atoms with Crippen molar-refractivity contribution in [2.75, 3.05) is 6.54 Å². The first-order valence-electron chi connectivity index (χ1n) is 11.1. The summed E-state index contributed by atoms with van der Waals surface area (Å²) in [5.41, 5.74) is 3.66. The fourth-order valence-corrected chi connectivity index (χ4v) is 4.05. The molecule has 0 N–H and O–H groups in total. The van der Waals surface area contributed by atoms with E-state index in [4.69, 9.17) is 9.51 Å². The van der Waals surface area contributed by atoms with Crippen molar-refractivity contribution in [3.05, 3.63) is 59.8 Å². The third-order valence-corrected chi connectivity index (χ3v) is 5.74. The predicted molar refractivity (Wildman–Crippen MR) is 117 cm³/mol. The number of nitrogens with zero attached hydrogens (tertiary/aromatic N) is 5. The largest absolute Gasteiger partial charge is 0.351 e. The van der Waals surface area contributed by atoms with Crippen LogP contribution in [-0.4, -0.2) is 37.5 Å². The summed E-state index contributed by atoms with van der Waals surface area (Å²) in [5, 5.41) is 4.08. The highest BCUT2D eigenvalue weighted by Crippen LogP contribution is 2.36. The highest BCUT2D eigenvalue weighted by atomic mass is 16.5. The van der Waals surface area contributed by atoms with Crippen molar-refractivity contribution in [2.45, 2.75) is 64.8 Å². The number of hydrogen-bond acceptors (Lipinski definition) is 6. The maximum Gasteiger partial charge on any atom is 0.293 e. The molecule has 31 heavy (non-hydrogen) atoms. The number of carbonyl (C=O) groups is 1. The number of likely N-dealkylation sites (tertiary alicyclic amines) is 1. The highest BCUT2D eigenvalue weighted by molar-refractivity contribution is 5.92. The highest BCUT2D eigenvalue weighted by Gasteiger charge is 2.33. The summed E-state index contributed by atoms with van der Waals surface area (Å²) < 4.78 is 5.42. The van der Waals surface area contributed by atoms with Crippen LogP contribution in [0.25, 0.3) is 11.1 Å². The first kappa shape index (κ1) is 21.2. The summed E-state index contributed by atoms with van der Waals surface area (Å²) in [6, 6.07) is 5.56. The molecule has 4 rings (SSSR count). The third kappa shape index (κ3) is 4.50. The van der Waals surface area contributed by atoms with E-state index in [9.17, 15) is 4.79 Å². The van der Waals surface area contributed by atoms with Crippen LogP contribution in [0, 0.1) is 0 Å². The average molecular weight is 420 g/mol. The van der Waals surface area contributed by atoms with Gasteiger partial charge in [0, 0.05) is 43.2 Å². The summed E-state index contributed by atoms with van der Waals surface area (Å²) in [5.74, 6) is 1.19. The lowest BCUT2D eigenvalue weighted by Gasteiger charge is -2.35. The lowest BCUT2D eigenvalue weighted by atomic mass is 9.93. The Morgan fingerprint density at radius 1 is 1.26 bits per heavy atom. The van der Waals surface area contributed by atoms with E-state index in [1.165, 1.54) is 0 Å². The van der Waals surface area contributed by atoms with Gasteiger partial charge >= 0.3 is 0 Å². The number of piperidine rings is 1. The van der Waals surface area contributed by atoms with Crippen molar-refractivity contribution < 1.29 is 9.32 Å². The molecular formula is C24H29N5O2. The number of rotatable bonds is 6. The maximum atomic E-state index is 13.4. The van der Waals surface area contributed by atoms with Gasteiger partial charge in [-0.2, -0.15) is 0 Å². The molecule has 1 saturated heterocycles. The Morgan fingerprint density at radius 3 is 2.77 bits per heavy atom. The van der Waals surface area contributed by atoms with Crippen molar-refractivity contribution in [1.29, 1.82) is 0 Å². The zero-order chi connectivity index (χ0) is 21.8. The zero-order valence-electron chi connectivity index (χ0n) is 18.4. The second-order valence-corrected chi connectivity index (χ2v) is 8.35. The van der Waals surface area contributed by atoms with Crippen molar-refractivity contribution in [2.24, 2.45) is 0 Å². The molecule has 1 aliphatic rings. The van der Waals surface area contributed by atoms with E-state index < -0.39 is 0 Å². The van der Waals surface area contributed by atoms with Gasteiger partial charge in [0.1, 0.15) is 5.82 Å². The summed E-state index contributed by atoms with van der Waals surface area (Å²) in [6.07, 6.45) is 10.1. The van der Waals surface area contributed by atoms with Gasteiger partial charge in [0.2, 0.25) is 5.76 Å². The van der Waals surface area contributed by atoms with E-state index >= 15 is 0 Å². The second-order valence-electron chi connectivity index (χ2n) is 8.35. The molecule has 3 aromatic heterocycles. The molecule has 0 aromatic carbocycles. The van der Waals surface area contributed by atoms with Crippen LogP contribution in [0.3, 0.4) is 0 Å². The minimum atomic E-state index is -0.129. The molecule has 7 heteroatoms. The van der Waals surface area contributed by atoms with E-state index in [0.29, 0.717) is 12.3 Å². The first-order valence-corrected chi connectivity index (χ1v) is 11.1. The number of carbonyl (C=O) groups excluding carboxylic acids is 1. The van der Waals surface area contributed by atoms with Crippen molar-refractivity contribution in [3.63, 3.8) is 0 Å². The Hall–Kier alpha value is -3.09. The van der Waals surface area contributed by atoms with Gasteiger partial charge in [-0.1, -0.05) is 25.9 Å². The Bertz CT molecular complexity index is 1030. The Morgan fingerprint density at radius 2 is 2.06 bits per heavy atom. The van der Waals surface area contributed by atoms with E-state index in [2.05, 4.69) is 22.0 Å². The standard InChI is InChI=1S/C24H29N5O2/c1-4-7-22-26-15-18(17-9-11-25-12-10-17)23(27-22)20-8-5-6-13-29(20)24(30)21-14-19(16(2)3)28-31-21/h9-12,14-16,20H,4-8,13H2,1-3H3/t20-/m1/s1. The molecular weight excluding hydrogens is 390 g/mol. The topological polar surface area (TPSA) is 85.0 Å². The predicted octanol–water partition coefficient (Wildman–Crippen LogP) is 4.97. The van der Waals surface area contributed by atoms with Crippen LogP contribution in [0.15, 0.2) is 41.3 Å². The number of aryl methyl sites for hydroxylation is 1. The Labute approximate surface area is 182 Å². The van der Waals surface area contributed by atoms with Crippen LogP contribution in [0.2, 0.25) is 0 Å². The molecule has 1 atom stereocenters. The maximum absolute atomic E-state index is 13.4. The molecule has 0 aliphatic carbocycles.